The third-order valence-corrected chi connectivity index (χ3v) is 3.76. The van der Waals surface area contributed by atoms with Crippen LogP contribution in [0, 0.1) is 25.2 Å². The third kappa shape index (κ3) is 3.82. The predicted molar refractivity (Wildman–Crippen MR) is 99.7 cm³/mol. The number of anilines is 3. The van der Waals surface area contributed by atoms with Crippen LogP contribution in [0.25, 0.3) is 0 Å². The maximum atomic E-state index is 9.18. The van der Waals surface area contributed by atoms with Gasteiger partial charge < -0.3 is 15.8 Å². The summed E-state index contributed by atoms with van der Waals surface area (Å²) < 4.78 is 5.80. The van der Waals surface area contributed by atoms with E-state index in [0.717, 1.165) is 11.1 Å². The second-order valence-electron chi connectivity index (χ2n) is 5.55. The van der Waals surface area contributed by atoms with Gasteiger partial charge in [-0.2, -0.15) is 20.2 Å². The first-order valence-electron chi connectivity index (χ1n) is 7.68. The predicted octanol–water partition coefficient (Wildman–Crippen LogP) is 4.13. The van der Waals surface area contributed by atoms with E-state index < -0.39 is 0 Å². The maximum Gasteiger partial charge on any atom is 0.328 e. The lowest BCUT2D eigenvalue weighted by molar-refractivity contribution is 0.435. The van der Waals surface area contributed by atoms with Gasteiger partial charge in [0, 0.05) is 5.02 Å². The molecule has 0 fully saturated rings. The van der Waals surface area contributed by atoms with Crippen LogP contribution < -0.4 is 15.8 Å². The number of rotatable bonds is 4. The molecule has 0 amide bonds. The minimum absolute atomic E-state index is 0.00351. The molecule has 2 aromatic carbocycles. The summed E-state index contributed by atoms with van der Waals surface area (Å²) in [6.45, 7) is 3.75. The molecule has 130 valence electrons. The van der Waals surface area contributed by atoms with E-state index in [0.29, 0.717) is 22.0 Å². The van der Waals surface area contributed by atoms with E-state index in [9.17, 15) is 5.26 Å². The van der Waals surface area contributed by atoms with Crippen molar-refractivity contribution >= 4 is 29.2 Å². The van der Waals surface area contributed by atoms with E-state index in [1.807, 2.05) is 13.8 Å². The Bertz CT molecular complexity index is 992. The minimum Gasteiger partial charge on any atom is -0.424 e. The zero-order chi connectivity index (χ0) is 18.7. The number of para-hydroxylation sites is 1. The van der Waals surface area contributed by atoms with E-state index in [1.165, 1.54) is 0 Å². The van der Waals surface area contributed by atoms with Crippen molar-refractivity contribution in [3.05, 3.63) is 58.1 Å². The molecular weight excluding hydrogens is 352 g/mol. The number of ether oxygens (including phenoxy) is 1. The molecule has 0 aliphatic rings. The van der Waals surface area contributed by atoms with Crippen LogP contribution in [0.15, 0.2) is 36.4 Å². The van der Waals surface area contributed by atoms with E-state index in [1.54, 1.807) is 36.4 Å². The van der Waals surface area contributed by atoms with Crippen LogP contribution in [0.4, 0.5) is 17.6 Å². The van der Waals surface area contributed by atoms with Crippen molar-refractivity contribution in [1.29, 1.82) is 5.26 Å². The summed E-state index contributed by atoms with van der Waals surface area (Å²) in [5, 5.41) is 12.8. The molecule has 3 N–H and O–H groups in total. The van der Waals surface area contributed by atoms with Gasteiger partial charge in [0.15, 0.2) is 0 Å². The van der Waals surface area contributed by atoms with Crippen LogP contribution in [0.3, 0.4) is 0 Å². The molecular formula is C18H15ClN6O. The number of nitrogens with two attached hydrogens (primary N) is 1. The van der Waals surface area contributed by atoms with Gasteiger partial charge >= 0.3 is 6.01 Å². The Labute approximate surface area is 155 Å². The number of aromatic nitrogens is 3. The Hall–Kier alpha value is -3.37. The molecule has 3 rings (SSSR count). The standard InChI is InChI=1S/C18H15ClN6O/c1-10-7-13(19)8-11(2)15(10)26-18-24-16(21)23-17(25-18)22-14-6-4-3-5-12(14)9-20/h3-8H,1-2H3,(H3,21,22,23,24,25). The lowest BCUT2D eigenvalue weighted by Gasteiger charge is -2.12. The SMILES string of the molecule is Cc1cc(Cl)cc(C)c1Oc1nc(N)nc(Nc2ccccc2C#N)n1. The molecule has 0 bridgehead atoms. The monoisotopic (exact) mass is 366 g/mol. The highest BCUT2D eigenvalue weighted by atomic mass is 35.5. The number of nitriles is 1. The summed E-state index contributed by atoms with van der Waals surface area (Å²) in [4.78, 5) is 12.3. The molecule has 0 aliphatic heterocycles. The zero-order valence-electron chi connectivity index (χ0n) is 14.1. The van der Waals surface area contributed by atoms with Crippen molar-refractivity contribution in [3.8, 4) is 17.8 Å². The first-order chi connectivity index (χ1) is 12.5. The second-order valence-corrected chi connectivity index (χ2v) is 5.99. The molecule has 0 atom stereocenters. The van der Waals surface area contributed by atoms with Crippen LogP contribution in [0.1, 0.15) is 16.7 Å². The molecule has 0 saturated carbocycles. The molecule has 0 saturated heterocycles. The Morgan fingerprint density at radius 1 is 1.12 bits per heavy atom. The Kier molecular flexibility index (Phi) is 4.87. The van der Waals surface area contributed by atoms with Gasteiger partial charge in [0.05, 0.1) is 11.3 Å². The summed E-state index contributed by atoms with van der Waals surface area (Å²) in [6, 6.07) is 12.7. The van der Waals surface area contributed by atoms with Crippen molar-refractivity contribution in [1.82, 2.24) is 15.0 Å². The van der Waals surface area contributed by atoms with Gasteiger partial charge in [-0.25, -0.2) is 0 Å². The van der Waals surface area contributed by atoms with Crippen LogP contribution in [0.5, 0.6) is 11.8 Å². The average Bonchev–Trinajstić information content (AvgIpc) is 2.58. The van der Waals surface area contributed by atoms with Crippen LogP contribution in [0.2, 0.25) is 5.02 Å². The fourth-order valence-electron chi connectivity index (χ4n) is 2.43. The molecule has 1 heterocycles. The van der Waals surface area contributed by atoms with Crippen molar-refractivity contribution in [3.63, 3.8) is 0 Å². The lowest BCUT2D eigenvalue weighted by Crippen LogP contribution is -2.06. The van der Waals surface area contributed by atoms with Gasteiger partial charge in [0.25, 0.3) is 0 Å². The van der Waals surface area contributed by atoms with Crippen molar-refractivity contribution < 1.29 is 4.74 Å². The Morgan fingerprint density at radius 3 is 2.50 bits per heavy atom. The van der Waals surface area contributed by atoms with Gasteiger partial charge in [-0.1, -0.05) is 23.7 Å². The lowest BCUT2D eigenvalue weighted by atomic mass is 10.1. The number of benzene rings is 2. The van der Waals surface area contributed by atoms with Crippen LogP contribution in [-0.2, 0) is 0 Å². The highest BCUT2D eigenvalue weighted by molar-refractivity contribution is 6.30. The molecule has 3 aromatic rings. The van der Waals surface area contributed by atoms with Crippen molar-refractivity contribution in [2.75, 3.05) is 11.1 Å². The first kappa shape index (κ1) is 17.5. The summed E-state index contributed by atoms with van der Waals surface area (Å²) in [6.07, 6.45) is 0. The smallest absolute Gasteiger partial charge is 0.328 e. The molecule has 7 nitrogen and oxygen atoms in total. The van der Waals surface area contributed by atoms with Gasteiger partial charge in [0.2, 0.25) is 11.9 Å². The van der Waals surface area contributed by atoms with Crippen LogP contribution in [-0.4, -0.2) is 15.0 Å². The number of hydrogen-bond acceptors (Lipinski definition) is 7. The fraction of sp³-hybridized carbons (Fsp3) is 0.111. The van der Waals surface area contributed by atoms with E-state index in [2.05, 4.69) is 26.3 Å². The highest BCUT2D eigenvalue weighted by Crippen LogP contribution is 2.30. The van der Waals surface area contributed by atoms with E-state index in [4.69, 9.17) is 22.1 Å². The Morgan fingerprint density at radius 2 is 1.81 bits per heavy atom. The third-order valence-electron chi connectivity index (χ3n) is 3.54. The summed E-state index contributed by atoms with van der Waals surface area (Å²) in [5.41, 5.74) is 8.48. The van der Waals surface area contributed by atoms with E-state index in [-0.39, 0.29) is 17.9 Å². The molecule has 0 spiro atoms. The topological polar surface area (TPSA) is 110 Å². The fourth-order valence-corrected chi connectivity index (χ4v) is 2.76. The quantitative estimate of drug-likeness (QED) is 0.714. The maximum absolute atomic E-state index is 9.18. The number of hydrogen-bond donors (Lipinski definition) is 2. The van der Waals surface area contributed by atoms with Crippen molar-refractivity contribution in [2.45, 2.75) is 13.8 Å². The number of halogens is 1. The molecule has 8 heteroatoms. The average molecular weight is 367 g/mol. The van der Waals surface area contributed by atoms with Gasteiger partial charge in [-0.3, -0.25) is 0 Å². The zero-order valence-corrected chi connectivity index (χ0v) is 14.9. The van der Waals surface area contributed by atoms with Gasteiger partial charge in [-0.15, -0.1) is 0 Å². The van der Waals surface area contributed by atoms with Crippen molar-refractivity contribution in [2.24, 2.45) is 0 Å². The first-order valence-corrected chi connectivity index (χ1v) is 8.06. The number of nitrogens with zero attached hydrogens (tertiary/aromatic N) is 4. The summed E-state index contributed by atoms with van der Waals surface area (Å²) in [7, 11) is 0. The van der Waals surface area contributed by atoms with Gasteiger partial charge in [-0.05, 0) is 49.2 Å². The molecule has 1 aromatic heterocycles. The normalized spacial score (nSPS) is 10.2. The highest BCUT2D eigenvalue weighted by Gasteiger charge is 2.12. The number of nitrogens with one attached hydrogen (secondary N) is 1. The molecule has 0 aliphatic carbocycles. The van der Waals surface area contributed by atoms with Crippen LogP contribution >= 0.6 is 11.6 Å². The Balaban J connectivity index is 1.93. The second kappa shape index (κ2) is 7.25. The van der Waals surface area contributed by atoms with Gasteiger partial charge in [0.1, 0.15) is 11.8 Å². The number of aryl methyl sites for hydroxylation is 2. The largest absolute Gasteiger partial charge is 0.424 e. The molecule has 0 unspecified atom stereocenters. The molecule has 26 heavy (non-hydrogen) atoms. The summed E-state index contributed by atoms with van der Waals surface area (Å²) >= 11 is 6.04. The minimum atomic E-state index is -0.00351. The summed E-state index contributed by atoms with van der Waals surface area (Å²) in [5.74, 6) is 0.777. The molecule has 0 radical (unpaired) electrons. The van der Waals surface area contributed by atoms with E-state index >= 15 is 0 Å². The number of nitrogen functional groups attached to an aromatic ring is 1.